The predicted octanol–water partition coefficient (Wildman–Crippen LogP) is 4.29. The van der Waals surface area contributed by atoms with Crippen LogP contribution in [0.4, 0.5) is 5.69 Å². The van der Waals surface area contributed by atoms with Crippen molar-refractivity contribution in [2.75, 3.05) is 11.5 Å². The highest BCUT2D eigenvalue weighted by molar-refractivity contribution is 6.05. The van der Waals surface area contributed by atoms with E-state index in [1.165, 1.54) is 11.8 Å². The highest BCUT2D eigenvalue weighted by atomic mass is 16.6. The number of rotatable bonds is 7. The van der Waals surface area contributed by atoms with Gasteiger partial charge in [-0.1, -0.05) is 43.5 Å². The van der Waals surface area contributed by atoms with Crippen molar-refractivity contribution in [3.05, 3.63) is 71.5 Å². The van der Waals surface area contributed by atoms with E-state index in [0.29, 0.717) is 34.0 Å². The maximum atomic E-state index is 14.3. The Balaban J connectivity index is 1.59. The summed E-state index contributed by atoms with van der Waals surface area (Å²) in [6, 6.07) is 13.0. The van der Waals surface area contributed by atoms with Crippen molar-refractivity contribution in [1.29, 1.82) is 0 Å². The Morgan fingerprint density at radius 2 is 1.79 bits per heavy atom. The summed E-state index contributed by atoms with van der Waals surface area (Å²) < 4.78 is 13.6. The summed E-state index contributed by atoms with van der Waals surface area (Å²) in [7, 11) is 1.78. The molecule has 204 valence electrons. The monoisotopic (exact) mass is 530 g/mol. The van der Waals surface area contributed by atoms with E-state index in [1.54, 1.807) is 54.3 Å². The van der Waals surface area contributed by atoms with Crippen LogP contribution in [0.1, 0.15) is 66.7 Å². The summed E-state index contributed by atoms with van der Waals surface area (Å²) in [5.74, 6) is 0.131. The second-order valence-corrected chi connectivity index (χ2v) is 10.3. The summed E-state index contributed by atoms with van der Waals surface area (Å²) >= 11 is 0. The third-order valence-electron chi connectivity index (χ3n) is 7.36. The van der Waals surface area contributed by atoms with Gasteiger partial charge in [0.2, 0.25) is 12.0 Å². The number of nitrogens with one attached hydrogen (secondary N) is 1. The number of aromatic nitrogens is 2. The smallest absolute Gasteiger partial charge is 0.272 e. The number of ketones is 1. The number of ether oxygens (including phenoxy) is 2. The Kier molecular flexibility index (Phi) is 7.67. The molecule has 0 saturated heterocycles. The molecule has 0 radical (unpaired) electrons. The van der Waals surface area contributed by atoms with E-state index < -0.39 is 18.1 Å². The Hall–Kier alpha value is -4.14. The van der Waals surface area contributed by atoms with Crippen LogP contribution in [0.5, 0.6) is 11.5 Å². The maximum Gasteiger partial charge on any atom is 0.272 e. The van der Waals surface area contributed by atoms with Gasteiger partial charge in [-0.25, -0.2) is 0 Å². The maximum absolute atomic E-state index is 14.3. The number of hydrogen-bond donors (Lipinski definition) is 1. The van der Waals surface area contributed by atoms with Gasteiger partial charge in [-0.3, -0.25) is 24.0 Å². The summed E-state index contributed by atoms with van der Waals surface area (Å²) in [6.07, 6.45) is 5.82. The minimum absolute atomic E-state index is 0.0122. The molecule has 5 rings (SSSR count). The number of hydrogen-bond acceptors (Lipinski definition) is 6. The van der Waals surface area contributed by atoms with E-state index in [9.17, 15) is 14.4 Å². The fraction of sp³-hybridized carbons (Fsp3) is 0.400. The zero-order chi connectivity index (χ0) is 27.5. The van der Waals surface area contributed by atoms with Gasteiger partial charge in [-0.2, -0.15) is 5.10 Å². The minimum Gasteiger partial charge on any atom is -0.485 e. The fourth-order valence-corrected chi connectivity index (χ4v) is 5.39. The Morgan fingerprint density at radius 3 is 2.49 bits per heavy atom. The summed E-state index contributed by atoms with van der Waals surface area (Å²) in [4.78, 5) is 42.2. The molecule has 2 heterocycles. The molecule has 1 aromatic heterocycles. The molecule has 1 saturated carbocycles. The van der Waals surface area contributed by atoms with E-state index in [1.807, 2.05) is 19.1 Å². The lowest BCUT2D eigenvalue weighted by molar-refractivity contribution is -0.132. The molecular weight excluding hydrogens is 496 g/mol. The molecule has 0 unspecified atom stereocenters. The summed E-state index contributed by atoms with van der Waals surface area (Å²) in [5, 5.41) is 7.68. The molecule has 0 bridgehead atoms. The van der Waals surface area contributed by atoms with E-state index in [0.717, 1.165) is 32.1 Å². The van der Waals surface area contributed by atoms with E-state index >= 15 is 0 Å². The number of carbonyl (C=O) groups excluding carboxylic acids is 3. The van der Waals surface area contributed by atoms with Crippen LogP contribution in [0, 0.1) is 6.92 Å². The lowest BCUT2D eigenvalue weighted by atomic mass is 9.94. The molecule has 2 aromatic carbocycles. The Morgan fingerprint density at radius 1 is 1.05 bits per heavy atom. The van der Waals surface area contributed by atoms with Crippen molar-refractivity contribution >= 4 is 23.3 Å². The van der Waals surface area contributed by atoms with Crippen LogP contribution in [-0.4, -0.2) is 46.1 Å². The van der Waals surface area contributed by atoms with Gasteiger partial charge in [0.05, 0.1) is 5.69 Å². The van der Waals surface area contributed by atoms with Crippen LogP contribution in [0.2, 0.25) is 0 Å². The molecule has 3 aromatic rings. The zero-order valence-corrected chi connectivity index (χ0v) is 22.6. The lowest BCUT2D eigenvalue weighted by Gasteiger charge is -2.36. The summed E-state index contributed by atoms with van der Waals surface area (Å²) in [6.45, 7) is 3.28. The molecular formula is C30H34N4O5. The van der Waals surface area contributed by atoms with Crippen LogP contribution in [0.25, 0.3) is 0 Å². The second-order valence-electron chi connectivity index (χ2n) is 10.3. The van der Waals surface area contributed by atoms with E-state index in [4.69, 9.17) is 9.47 Å². The normalized spacial score (nSPS) is 17.8. The number of fused-ring (bicyclic) bond motifs is 1. The van der Waals surface area contributed by atoms with Crippen LogP contribution in [-0.2, 0) is 16.6 Å². The molecule has 2 atom stereocenters. The number of anilines is 1. The molecule has 1 aliphatic heterocycles. The number of nitrogens with zero attached hydrogens (tertiary/aromatic N) is 3. The zero-order valence-electron chi connectivity index (χ0n) is 22.6. The van der Waals surface area contributed by atoms with Gasteiger partial charge in [-0.05, 0) is 51.0 Å². The Labute approximate surface area is 228 Å². The van der Waals surface area contributed by atoms with Crippen molar-refractivity contribution in [3.63, 3.8) is 0 Å². The molecule has 1 fully saturated rings. The molecule has 1 aliphatic carbocycles. The first kappa shape index (κ1) is 26.5. The van der Waals surface area contributed by atoms with Crippen LogP contribution < -0.4 is 19.7 Å². The van der Waals surface area contributed by atoms with Gasteiger partial charge in [0, 0.05) is 36.1 Å². The van der Waals surface area contributed by atoms with Gasteiger partial charge in [-0.15, -0.1) is 0 Å². The second kappa shape index (κ2) is 11.3. The van der Waals surface area contributed by atoms with Gasteiger partial charge in [0.1, 0.15) is 12.6 Å². The first-order valence-corrected chi connectivity index (χ1v) is 13.4. The van der Waals surface area contributed by atoms with Crippen LogP contribution in [0.15, 0.2) is 54.7 Å². The largest absolute Gasteiger partial charge is 0.485 e. The first-order valence-electron chi connectivity index (χ1n) is 13.4. The number of amides is 2. The standard InChI is InChI=1S/C30H34N4O5/c1-19-24(17-33(3)32-19)28(29(36)31-22-11-5-4-6-12-22)34(23-13-9-10-21(16-23)20(2)35)30(37)27-18-38-25-14-7-8-15-26(25)39-27/h7-10,13-17,22,27-28H,4-6,11-12,18H2,1-3H3,(H,31,36)/t27-,28-/m1/s1. The van der Waals surface area contributed by atoms with Crippen molar-refractivity contribution in [1.82, 2.24) is 15.1 Å². The number of aryl methyl sites for hydroxylation is 2. The number of carbonyl (C=O) groups is 3. The third-order valence-corrected chi connectivity index (χ3v) is 7.36. The van der Waals surface area contributed by atoms with E-state index in [2.05, 4.69) is 10.4 Å². The van der Waals surface area contributed by atoms with E-state index in [-0.39, 0.29) is 24.3 Å². The molecule has 2 amide bonds. The quantitative estimate of drug-likeness (QED) is 0.457. The van der Waals surface area contributed by atoms with Crippen molar-refractivity contribution in [2.24, 2.45) is 7.05 Å². The molecule has 2 aliphatic rings. The third kappa shape index (κ3) is 5.67. The molecule has 39 heavy (non-hydrogen) atoms. The van der Waals surface area contributed by atoms with Crippen LogP contribution in [0.3, 0.4) is 0 Å². The number of para-hydroxylation sites is 2. The average Bonchev–Trinajstić information content (AvgIpc) is 3.28. The first-order chi connectivity index (χ1) is 18.8. The highest BCUT2D eigenvalue weighted by Gasteiger charge is 2.41. The van der Waals surface area contributed by atoms with Crippen LogP contribution >= 0.6 is 0 Å². The predicted molar refractivity (Wildman–Crippen MR) is 146 cm³/mol. The SMILES string of the molecule is CC(=O)c1cccc(N(C(=O)[C@H]2COc3ccccc3O2)[C@@H](C(=O)NC2CCCCC2)c2cn(C)nc2C)c1. The average molecular weight is 531 g/mol. The summed E-state index contributed by atoms with van der Waals surface area (Å²) in [5.41, 5.74) is 2.09. The van der Waals surface area contributed by atoms with Gasteiger partial charge < -0.3 is 14.8 Å². The molecule has 0 spiro atoms. The van der Waals surface area contributed by atoms with Gasteiger partial charge in [0.25, 0.3) is 5.91 Å². The number of Topliss-reactive ketones (excluding diaryl/α,β-unsaturated/α-hetero) is 1. The lowest BCUT2D eigenvalue weighted by Crippen LogP contribution is -2.52. The van der Waals surface area contributed by atoms with Gasteiger partial charge >= 0.3 is 0 Å². The highest BCUT2D eigenvalue weighted by Crippen LogP contribution is 2.35. The fourth-order valence-electron chi connectivity index (χ4n) is 5.39. The Bertz CT molecular complexity index is 1380. The molecule has 1 N–H and O–H groups in total. The topological polar surface area (TPSA) is 103 Å². The molecule has 9 heteroatoms. The van der Waals surface area contributed by atoms with Crippen molar-refractivity contribution in [2.45, 2.75) is 64.1 Å². The molecule has 9 nitrogen and oxygen atoms in total. The van der Waals surface area contributed by atoms with Gasteiger partial charge in [0.15, 0.2) is 17.3 Å². The number of benzene rings is 2. The minimum atomic E-state index is -1.03. The van der Waals surface area contributed by atoms with Crippen molar-refractivity contribution < 1.29 is 23.9 Å². The van der Waals surface area contributed by atoms with Crippen molar-refractivity contribution in [3.8, 4) is 11.5 Å².